The van der Waals surface area contributed by atoms with E-state index in [9.17, 15) is 4.79 Å². The molecule has 8 heteroatoms. The quantitative estimate of drug-likeness (QED) is 0.375. The van der Waals surface area contributed by atoms with Crippen LogP contribution >= 0.6 is 23.2 Å². The van der Waals surface area contributed by atoms with Crippen LogP contribution in [0.3, 0.4) is 0 Å². The summed E-state index contributed by atoms with van der Waals surface area (Å²) < 4.78 is 1.70. The van der Waals surface area contributed by atoms with Crippen LogP contribution in [0.1, 0.15) is 15.9 Å². The Morgan fingerprint density at radius 2 is 1.66 bits per heavy atom. The molecule has 5 rings (SSSR count). The van der Waals surface area contributed by atoms with Gasteiger partial charge < -0.3 is 11.1 Å². The van der Waals surface area contributed by atoms with Gasteiger partial charge in [-0.15, -0.1) is 0 Å². The van der Waals surface area contributed by atoms with Crippen molar-refractivity contribution in [3.8, 4) is 5.69 Å². The lowest BCUT2D eigenvalue weighted by Gasteiger charge is -2.09. The Hall–Kier alpha value is -3.61. The van der Waals surface area contributed by atoms with E-state index >= 15 is 0 Å². The molecule has 0 atom stereocenters. The van der Waals surface area contributed by atoms with Gasteiger partial charge in [0.2, 0.25) is 0 Å². The zero-order chi connectivity index (χ0) is 22.2. The maximum absolute atomic E-state index is 13.3. The molecule has 3 aromatic carbocycles. The predicted octanol–water partition coefficient (Wildman–Crippen LogP) is 5.39. The van der Waals surface area contributed by atoms with Crippen molar-refractivity contribution in [2.75, 3.05) is 5.73 Å². The van der Waals surface area contributed by atoms with Crippen LogP contribution in [0.4, 0.5) is 5.82 Å². The largest absolute Gasteiger partial charge is 0.384 e. The van der Waals surface area contributed by atoms with Crippen LogP contribution in [-0.2, 0) is 6.54 Å². The monoisotopic (exact) mass is 461 g/mol. The van der Waals surface area contributed by atoms with Crippen molar-refractivity contribution < 1.29 is 4.79 Å². The van der Waals surface area contributed by atoms with Gasteiger partial charge in [-0.05, 0) is 42.0 Å². The molecule has 2 heterocycles. The molecule has 6 nitrogen and oxygen atoms in total. The zero-order valence-corrected chi connectivity index (χ0v) is 18.2. The van der Waals surface area contributed by atoms with Crippen molar-refractivity contribution in [2.45, 2.75) is 6.54 Å². The van der Waals surface area contributed by atoms with E-state index in [-0.39, 0.29) is 23.8 Å². The summed E-state index contributed by atoms with van der Waals surface area (Å²) in [4.78, 5) is 22.7. The molecular formula is C24H17Cl2N5O. The lowest BCUT2D eigenvalue weighted by molar-refractivity contribution is 0.0953. The number of hydrogen-bond donors (Lipinski definition) is 2. The average Bonchev–Trinajstić information content (AvgIpc) is 3.07. The van der Waals surface area contributed by atoms with Crippen LogP contribution in [0, 0.1) is 0 Å². The van der Waals surface area contributed by atoms with E-state index in [1.54, 1.807) is 22.8 Å². The minimum Gasteiger partial charge on any atom is -0.384 e. The molecule has 0 spiro atoms. The third kappa shape index (κ3) is 3.53. The lowest BCUT2D eigenvalue weighted by atomic mass is 10.2. The third-order valence-electron chi connectivity index (χ3n) is 5.19. The van der Waals surface area contributed by atoms with Gasteiger partial charge in [0.05, 0.1) is 16.7 Å². The molecule has 0 aliphatic heterocycles. The molecule has 0 fully saturated rings. The van der Waals surface area contributed by atoms with Crippen molar-refractivity contribution in [1.29, 1.82) is 0 Å². The topological polar surface area (TPSA) is 85.8 Å². The summed E-state index contributed by atoms with van der Waals surface area (Å²) in [5.74, 6) is -0.132. The van der Waals surface area contributed by atoms with Crippen LogP contribution in [0.5, 0.6) is 0 Å². The number of halogens is 2. The van der Waals surface area contributed by atoms with Crippen LogP contribution in [0.2, 0.25) is 10.0 Å². The fourth-order valence-corrected chi connectivity index (χ4v) is 4.05. The highest BCUT2D eigenvalue weighted by Gasteiger charge is 2.25. The Kier molecular flexibility index (Phi) is 5.17. The summed E-state index contributed by atoms with van der Waals surface area (Å²) in [5, 5.41) is 4.02. The van der Waals surface area contributed by atoms with Crippen molar-refractivity contribution >= 4 is 57.1 Å². The van der Waals surface area contributed by atoms with Crippen LogP contribution < -0.4 is 11.1 Å². The Bertz CT molecular complexity index is 1500. The Labute approximate surface area is 193 Å². The van der Waals surface area contributed by atoms with E-state index < -0.39 is 0 Å². The first kappa shape index (κ1) is 20.3. The van der Waals surface area contributed by atoms with E-state index in [1.165, 1.54) is 0 Å². The van der Waals surface area contributed by atoms with Crippen molar-refractivity contribution in [2.24, 2.45) is 0 Å². The number of fused-ring (bicyclic) bond motifs is 2. The first-order valence-electron chi connectivity index (χ1n) is 9.87. The number of carbonyl (C=O) groups is 1. The molecule has 0 radical (unpaired) electrons. The average molecular weight is 462 g/mol. The van der Waals surface area contributed by atoms with Gasteiger partial charge in [-0.2, -0.15) is 0 Å². The van der Waals surface area contributed by atoms with Gasteiger partial charge in [0, 0.05) is 16.6 Å². The summed E-state index contributed by atoms with van der Waals surface area (Å²) in [6, 6.07) is 22.0. The molecule has 0 aliphatic rings. The van der Waals surface area contributed by atoms with Crippen molar-refractivity contribution in [1.82, 2.24) is 19.9 Å². The molecular weight excluding hydrogens is 445 g/mol. The smallest absolute Gasteiger partial charge is 0.257 e. The highest BCUT2D eigenvalue weighted by atomic mass is 35.5. The van der Waals surface area contributed by atoms with Gasteiger partial charge in [0.1, 0.15) is 16.9 Å². The maximum Gasteiger partial charge on any atom is 0.257 e. The number of nitrogen functional groups attached to an aromatic ring is 1. The van der Waals surface area contributed by atoms with Crippen molar-refractivity contribution in [3.05, 3.63) is 94.0 Å². The molecule has 0 unspecified atom stereocenters. The summed E-state index contributed by atoms with van der Waals surface area (Å²) in [5.41, 5.74) is 10.5. The number of nitrogens with two attached hydrogens (primary N) is 1. The second-order valence-corrected chi connectivity index (χ2v) is 8.08. The normalized spacial score (nSPS) is 11.2. The fraction of sp³-hybridized carbons (Fsp3) is 0.0417. The van der Waals surface area contributed by atoms with Gasteiger partial charge in [0.25, 0.3) is 5.91 Å². The standard InChI is InChI=1S/C24H17Cl2N5O/c25-15-7-5-8-16(12-15)31-22(27)20(24(32)28-13-14-6-1-2-9-17(14)26)21-23(31)30-19-11-4-3-10-18(19)29-21/h1-12H,13,27H2,(H,28,32). The van der Waals surface area contributed by atoms with Gasteiger partial charge in [-0.25, -0.2) is 9.97 Å². The molecule has 0 saturated carbocycles. The predicted molar refractivity (Wildman–Crippen MR) is 128 cm³/mol. The number of hydrogen-bond acceptors (Lipinski definition) is 4. The first-order chi connectivity index (χ1) is 15.5. The van der Waals surface area contributed by atoms with E-state index in [4.69, 9.17) is 38.9 Å². The molecule has 0 saturated heterocycles. The van der Waals surface area contributed by atoms with Crippen LogP contribution in [-0.4, -0.2) is 20.4 Å². The highest BCUT2D eigenvalue weighted by molar-refractivity contribution is 6.31. The molecule has 0 bridgehead atoms. The number of aromatic nitrogens is 3. The number of rotatable bonds is 4. The summed E-state index contributed by atoms with van der Waals surface area (Å²) >= 11 is 12.4. The minimum atomic E-state index is -0.363. The molecule has 1 amide bonds. The molecule has 3 N–H and O–H groups in total. The number of benzene rings is 3. The van der Waals surface area contributed by atoms with Gasteiger partial charge in [0.15, 0.2) is 5.65 Å². The fourth-order valence-electron chi connectivity index (χ4n) is 3.67. The van der Waals surface area contributed by atoms with Crippen LogP contribution in [0.15, 0.2) is 72.8 Å². The first-order valence-corrected chi connectivity index (χ1v) is 10.6. The zero-order valence-electron chi connectivity index (χ0n) is 16.7. The Balaban J connectivity index is 1.67. The number of carbonyl (C=O) groups excluding carboxylic acids is 1. The van der Waals surface area contributed by atoms with Crippen LogP contribution in [0.25, 0.3) is 27.9 Å². The van der Waals surface area contributed by atoms with Gasteiger partial charge >= 0.3 is 0 Å². The summed E-state index contributed by atoms with van der Waals surface area (Å²) in [6.07, 6.45) is 0. The molecule has 0 aliphatic carbocycles. The molecule has 5 aromatic rings. The maximum atomic E-state index is 13.3. The minimum absolute atomic E-state index is 0.231. The number of nitrogens with one attached hydrogen (secondary N) is 1. The van der Waals surface area contributed by atoms with E-state index in [2.05, 4.69) is 5.32 Å². The lowest BCUT2D eigenvalue weighted by Crippen LogP contribution is -2.24. The summed E-state index contributed by atoms with van der Waals surface area (Å²) in [6.45, 7) is 0.253. The van der Waals surface area contributed by atoms with Gasteiger partial charge in [-0.1, -0.05) is 59.6 Å². The Morgan fingerprint density at radius 1 is 0.938 bits per heavy atom. The number of para-hydroxylation sites is 2. The number of nitrogens with zero attached hydrogens (tertiary/aromatic N) is 3. The summed E-state index contributed by atoms with van der Waals surface area (Å²) in [7, 11) is 0. The SMILES string of the molecule is Nc1c(C(=O)NCc2ccccc2Cl)c2nc3ccccc3nc2n1-c1cccc(Cl)c1. The number of amides is 1. The van der Waals surface area contributed by atoms with Gasteiger partial charge in [-0.3, -0.25) is 9.36 Å². The second-order valence-electron chi connectivity index (χ2n) is 7.23. The highest BCUT2D eigenvalue weighted by Crippen LogP contribution is 2.31. The molecule has 32 heavy (non-hydrogen) atoms. The van der Waals surface area contributed by atoms with E-state index in [0.717, 1.165) is 5.56 Å². The third-order valence-corrected chi connectivity index (χ3v) is 5.79. The molecule has 2 aromatic heterocycles. The Morgan fingerprint density at radius 3 is 2.41 bits per heavy atom. The van der Waals surface area contributed by atoms with Crippen molar-refractivity contribution in [3.63, 3.8) is 0 Å². The van der Waals surface area contributed by atoms with E-state index in [1.807, 2.05) is 54.6 Å². The number of anilines is 1. The molecule has 158 valence electrons. The van der Waals surface area contributed by atoms with E-state index in [0.29, 0.717) is 37.9 Å². The second kappa shape index (κ2) is 8.15.